The lowest BCUT2D eigenvalue weighted by molar-refractivity contribution is 0.0939. The Labute approximate surface area is 146 Å². The van der Waals surface area contributed by atoms with Crippen molar-refractivity contribution in [3.8, 4) is 11.3 Å². The summed E-state index contributed by atoms with van der Waals surface area (Å²) in [7, 11) is 0. The van der Waals surface area contributed by atoms with E-state index in [4.69, 9.17) is 0 Å². The summed E-state index contributed by atoms with van der Waals surface area (Å²) in [6.07, 6.45) is 0. The van der Waals surface area contributed by atoms with Crippen molar-refractivity contribution in [3.05, 3.63) is 60.2 Å². The summed E-state index contributed by atoms with van der Waals surface area (Å²) in [6, 6.07) is 18.2. The Hall–Kier alpha value is -2.04. The zero-order valence-corrected chi connectivity index (χ0v) is 14.3. The molecule has 0 bridgehead atoms. The number of thioether (sulfide) groups is 1. The Kier molecular flexibility index (Phi) is 4.41. The molecular weight excluding hydrogens is 316 g/mol. The van der Waals surface area contributed by atoms with Gasteiger partial charge in [-0.05, 0) is 11.6 Å². The molecule has 1 aliphatic rings. The molecule has 122 valence electrons. The molecule has 0 saturated carbocycles. The molecule has 2 heterocycles. The lowest BCUT2D eigenvalue weighted by Gasteiger charge is -2.25. The smallest absolute Gasteiger partial charge is 0.179 e. The highest BCUT2D eigenvalue weighted by atomic mass is 32.2. The van der Waals surface area contributed by atoms with Crippen molar-refractivity contribution < 1.29 is 4.79 Å². The zero-order chi connectivity index (χ0) is 16.4. The van der Waals surface area contributed by atoms with Gasteiger partial charge in [-0.3, -0.25) is 9.69 Å². The molecule has 2 aromatic carbocycles. The Morgan fingerprint density at radius 2 is 1.71 bits per heavy atom. The molecule has 0 unspecified atom stereocenters. The van der Waals surface area contributed by atoms with E-state index in [-0.39, 0.29) is 5.78 Å². The van der Waals surface area contributed by atoms with Crippen LogP contribution in [0.1, 0.15) is 10.4 Å². The SMILES string of the molecule is O=C(CN1CCSCC1)c1c(-c2ccccc2)[nH]c2ccccc12. The van der Waals surface area contributed by atoms with E-state index in [0.717, 1.165) is 52.3 Å². The summed E-state index contributed by atoms with van der Waals surface area (Å²) >= 11 is 1.97. The van der Waals surface area contributed by atoms with E-state index in [1.54, 1.807) is 0 Å². The van der Waals surface area contributed by atoms with Gasteiger partial charge in [-0.25, -0.2) is 0 Å². The third-order valence-electron chi connectivity index (χ3n) is 4.52. The van der Waals surface area contributed by atoms with Crippen molar-refractivity contribution >= 4 is 28.4 Å². The highest BCUT2D eigenvalue weighted by Crippen LogP contribution is 2.31. The number of benzene rings is 2. The summed E-state index contributed by atoms with van der Waals surface area (Å²) in [4.78, 5) is 18.8. The maximum atomic E-state index is 13.1. The molecular formula is C20H20N2OS. The molecule has 0 aliphatic carbocycles. The number of hydrogen-bond donors (Lipinski definition) is 1. The second-order valence-corrected chi connectivity index (χ2v) is 7.32. The molecule has 0 radical (unpaired) electrons. The highest BCUT2D eigenvalue weighted by molar-refractivity contribution is 7.99. The van der Waals surface area contributed by atoms with Gasteiger partial charge >= 0.3 is 0 Å². The molecule has 3 nitrogen and oxygen atoms in total. The quantitative estimate of drug-likeness (QED) is 0.730. The van der Waals surface area contributed by atoms with Gasteiger partial charge in [-0.1, -0.05) is 48.5 Å². The number of para-hydroxylation sites is 1. The first-order valence-electron chi connectivity index (χ1n) is 8.32. The second kappa shape index (κ2) is 6.83. The Morgan fingerprint density at radius 1 is 1.00 bits per heavy atom. The van der Waals surface area contributed by atoms with Gasteiger partial charge in [0.05, 0.1) is 17.8 Å². The summed E-state index contributed by atoms with van der Waals surface area (Å²) < 4.78 is 0. The Balaban J connectivity index is 1.76. The van der Waals surface area contributed by atoms with Gasteiger partial charge < -0.3 is 4.98 Å². The van der Waals surface area contributed by atoms with Crippen molar-refractivity contribution in [3.63, 3.8) is 0 Å². The summed E-state index contributed by atoms with van der Waals surface area (Å²) in [6.45, 7) is 2.50. The molecule has 4 rings (SSSR count). The Bertz CT molecular complexity index is 850. The molecule has 0 spiro atoms. The van der Waals surface area contributed by atoms with Gasteiger partial charge in [-0.15, -0.1) is 0 Å². The van der Waals surface area contributed by atoms with Gasteiger partial charge in [0, 0.05) is 35.5 Å². The van der Waals surface area contributed by atoms with Crippen LogP contribution in [0.2, 0.25) is 0 Å². The van der Waals surface area contributed by atoms with Crippen LogP contribution in [0.15, 0.2) is 54.6 Å². The normalized spacial score (nSPS) is 15.7. The number of fused-ring (bicyclic) bond motifs is 1. The molecule has 0 atom stereocenters. The standard InChI is InChI=1S/C20H20N2OS/c23-18(14-22-10-12-24-13-11-22)19-16-8-4-5-9-17(16)21-20(19)15-6-2-1-3-7-15/h1-9,21H,10-14H2. The van der Waals surface area contributed by atoms with Crippen LogP contribution in [0.4, 0.5) is 0 Å². The van der Waals surface area contributed by atoms with E-state index in [1.807, 2.05) is 54.2 Å². The minimum absolute atomic E-state index is 0.207. The molecule has 4 heteroatoms. The predicted molar refractivity (Wildman–Crippen MR) is 102 cm³/mol. The van der Waals surface area contributed by atoms with Crippen molar-refractivity contribution in [2.24, 2.45) is 0 Å². The third kappa shape index (κ3) is 2.99. The number of carbonyl (C=O) groups excluding carboxylic acids is 1. The van der Waals surface area contributed by atoms with Gasteiger partial charge in [0.15, 0.2) is 5.78 Å². The van der Waals surface area contributed by atoms with Crippen LogP contribution in [0.5, 0.6) is 0 Å². The number of nitrogens with one attached hydrogen (secondary N) is 1. The van der Waals surface area contributed by atoms with Gasteiger partial charge in [0.25, 0.3) is 0 Å². The molecule has 1 saturated heterocycles. The fraction of sp³-hybridized carbons (Fsp3) is 0.250. The molecule has 1 fully saturated rings. The number of H-pyrrole nitrogens is 1. The van der Waals surface area contributed by atoms with Crippen molar-refractivity contribution in [2.45, 2.75) is 0 Å². The maximum Gasteiger partial charge on any atom is 0.179 e. The minimum Gasteiger partial charge on any atom is -0.354 e. The number of ketones is 1. The van der Waals surface area contributed by atoms with Crippen LogP contribution in [0.25, 0.3) is 22.2 Å². The average Bonchev–Trinajstić information content (AvgIpc) is 3.03. The number of carbonyl (C=O) groups is 1. The van der Waals surface area contributed by atoms with Crippen LogP contribution in [0.3, 0.4) is 0 Å². The number of aromatic nitrogens is 1. The number of hydrogen-bond acceptors (Lipinski definition) is 3. The molecule has 24 heavy (non-hydrogen) atoms. The minimum atomic E-state index is 0.207. The highest BCUT2D eigenvalue weighted by Gasteiger charge is 2.22. The van der Waals surface area contributed by atoms with E-state index in [2.05, 4.69) is 22.0 Å². The van der Waals surface area contributed by atoms with Crippen LogP contribution in [0, 0.1) is 0 Å². The first-order chi connectivity index (χ1) is 11.8. The van der Waals surface area contributed by atoms with Crippen LogP contribution < -0.4 is 0 Å². The van der Waals surface area contributed by atoms with Gasteiger partial charge in [-0.2, -0.15) is 11.8 Å². The lowest BCUT2D eigenvalue weighted by Crippen LogP contribution is -2.36. The van der Waals surface area contributed by atoms with Crippen LogP contribution in [-0.4, -0.2) is 46.8 Å². The largest absolute Gasteiger partial charge is 0.354 e. The number of Topliss-reactive ketones (excluding diaryl/α,β-unsaturated/α-hetero) is 1. The van der Waals surface area contributed by atoms with Crippen LogP contribution >= 0.6 is 11.8 Å². The third-order valence-corrected chi connectivity index (χ3v) is 5.46. The monoisotopic (exact) mass is 336 g/mol. The number of nitrogens with zero attached hydrogens (tertiary/aromatic N) is 1. The zero-order valence-electron chi connectivity index (χ0n) is 13.5. The molecule has 1 aromatic heterocycles. The summed E-state index contributed by atoms with van der Waals surface area (Å²) in [5, 5.41) is 1.02. The molecule has 3 aromatic rings. The van der Waals surface area contributed by atoms with E-state index in [9.17, 15) is 4.79 Å². The van der Waals surface area contributed by atoms with E-state index >= 15 is 0 Å². The number of aromatic amines is 1. The fourth-order valence-corrected chi connectivity index (χ4v) is 4.27. The summed E-state index contributed by atoms with van der Waals surface area (Å²) in [5.74, 6) is 2.44. The predicted octanol–water partition coefficient (Wildman–Crippen LogP) is 4.07. The van der Waals surface area contributed by atoms with Gasteiger partial charge in [0.1, 0.15) is 0 Å². The van der Waals surface area contributed by atoms with Crippen molar-refractivity contribution in [1.82, 2.24) is 9.88 Å². The van der Waals surface area contributed by atoms with Crippen molar-refractivity contribution in [1.29, 1.82) is 0 Å². The van der Waals surface area contributed by atoms with Crippen molar-refractivity contribution in [2.75, 3.05) is 31.1 Å². The first kappa shape index (κ1) is 15.5. The topological polar surface area (TPSA) is 36.1 Å². The fourth-order valence-electron chi connectivity index (χ4n) is 3.29. The average molecular weight is 336 g/mol. The first-order valence-corrected chi connectivity index (χ1v) is 9.48. The summed E-state index contributed by atoms with van der Waals surface area (Å²) in [5.41, 5.74) is 3.85. The van der Waals surface area contributed by atoms with Crippen LogP contribution in [-0.2, 0) is 0 Å². The number of rotatable bonds is 4. The van der Waals surface area contributed by atoms with E-state index in [0.29, 0.717) is 6.54 Å². The molecule has 0 amide bonds. The second-order valence-electron chi connectivity index (χ2n) is 6.10. The van der Waals surface area contributed by atoms with E-state index in [1.165, 1.54) is 0 Å². The molecule has 1 aliphatic heterocycles. The Morgan fingerprint density at radius 3 is 2.50 bits per heavy atom. The lowest BCUT2D eigenvalue weighted by atomic mass is 10.0. The van der Waals surface area contributed by atoms with E-state index < -0.39 is 0 Å². The maximum absolute atomic E-state index is 13.1. The van der Waals surface area contributed by atoms with Gasteiger partial charge in [0.2, 0.25) is 0 Å². The molecule has 1 N–H and O–H groups in total.